The molecular weight excluding hydrogens is 534 g/mol. The van der Waals surface area contributed by atoms with Crippen LogP contribution in [0.4, 0.5) is 11.6 Å². The number of sulfone groups is 1. The van der Waals surface area contributed by atoms with E-state index >= 15 is 0 Å². The Balaban J connectivity index is 1.74. The molecule has 196 valence electrons. The smallest absolute Gasteiger partial charge is 0.267 e. The van der Waals surface area contributed by atoms with Crippen molar-refractivity contribution in [3.05, 3.63) is 67.5 Å². The van der Waals surface area contributed by atoms with Gasteiger partial charge in [0.1, 0.15) is 15.6 Å². The Morgan fingerprint density at radius 1 is 1.22 bits per heavy atom. The Labute approximate surface area is 225 Å². The van der Waals surface area contributed by atoms with Crippen LogP contribution in [-0.4, -0.2) is 30.6 Å². The minimum Gasteiger partial charge on any atom is -0.337 e. The third-order valence-electron chi connectivity index (χ3n) is 6.36. The van der Waals surface area contributed by atoms with Crippen molar-refractivity contribution in [2.75, 3.05) is 10.6 Å². The van der Waals surface area contributed by atoms with E-state index in [1.54, 1.807) is 26.8 Å². The van der Waals surface area contributed by atoms with E-state index in [4.69, 9.17) is 16.1 Å². The van der Waals surface area contributed by atoms with Crippen LogP contribution in [-0.2, 0) is 9.84 Å². The molecule has 1 aromatic carbocycles. The number of rotatable bonds is 9. The average Bonchev–Trinajstić information content (AvgIpc) is 3.56. The van der Waals surface area contributed by atoms with E-state index in [0.717, 1.165) is 35.3 Å². The highest BCUT2D eigenvalue weighted by molar-refractivity contribution is 7.92. The first-order chi connectivity index (χ1) is 17.4. The number of anilines is 2. The number of nitrogens with one attached hydrogen (secondary N) is 2. The lowest BCUT2D eigenvalue weighted by atomic mass is 9.97. The molecule has 1 unspecified atom stereocenters. The van der Waals surface area contributed by atoms with Crippen molar-refractivity contribution in [1.82, 2.24) is 5.16 Å². The minimum atomic E-state index is -4.17. The number of thiophene rings is 1. The summed E-state index contributed by atoms with van der Waals surface area (Å²) in [6, 6.07) is 3.64. The van der Waals surface area contributed by atoms with Gasteiger partial charge in [0.25, 0.3) is 5.91 Å². The van der Waals surface area contributed by atoms with Crippen LogP contribution in [0.15, 0.2) is 34.2 Å². The number of benzene rings is 1. The third-order valence-corrected chi connectivity index (χ3v) is 10.2. The number of carbonyl (C=O) groups is 2. The molecule has 2 N–H and O–H groups in total. The molecule has 0 aliphatic heterocycles. The zero-order valence-electron chi connectivity index (χ0n) is 21.2. The number of halogens is 1. The van der Waals surface area contributed by atoms with Crippen molar-refractivity contribution in [3.8, 4) is 0 Å². The van der Waals surface area contributed by atoms with Gasteiger partial charge in [-0.25, -0.2) is 8.42 Å². The molecule has 1 aliphatic rings. The number of aromatic nitrogens is 1. The van der Waals surface area contributed by atoms with E-state index < -0.39 is 21.1 Å². The summed E-state index contributed by atoms with van der Waals surface area (Å²) in [7, 11) is -4.17. The lowest BCUT2D eigenvalue weighted by Crippen LogP contribution is -2.29. The number of aryl methyl sites for hydroxylation is 4. The molecule has 3 aromatic rings. The van der Waals surface area contributed by atoms with Gasteiger partial charge in [0.2, 0.25) is 15.7 Å². The second-order valence-corrected chi connectivity index (χ2v) is 12.9. The number of carbonyl (C=O) groups excluding carboxylic acids is 2. The Kier molecular flexibility index (Phi) is 7.38. The lowest BCUT2D eigenvalue weighted by molar-refractivity contribution is 0.0968. The van der Waals surface area contributed by atoms with Crippen molar-refractivity contribution in [1.29, 1.82) is 0 Å². The fourth-order valence-corrected chi connectivity index (χ4v) is 7.50. The molecule has 0 saturated heterocycles. The van der Waals surface area contributed by atoms with Gasteiger partial charge in [-0.2, -0.15) is 0 Å². The van der Waals surface area contributed by atoms with Crippen molar-refractivity contribution < 1.29 is 22.5 Å². The summed E-state index contributed by atoms with van der Waals surface area (Å²) in [4.78, 5) is 27.2. The highest BCUT2D eigenvalue weighted by Crippen LogP contribution is 2.38. The Hall–Kier alpha value is -2.95. The predicted octanol–water partition coefficient (Wildman–Crippen LogP) is 6.17. The van der Waals surface area contributed by atoms with Gasteiger partial charge in [-0.1, -0.05) is 35.5 Å². The molecule has 1 saturated carbocycles. The van der Waals surface area contributed by atoms with Crippen LogP contribution in [0.2, 0.25) is 5.02 Å². The standard InChI is InChI=1S/C26H28ClN3O5S2/c1-7-19(29-26-21(27)15(5)30-35-26)37(33,34)24-14(4)16(6)36-23(24)25(32)28-18-11-12(2)10-13(3)20(18)22(31)17-8-9-17/h7,10-11,17,19,29H,1,8-9H2,2-6H3,(H,28,32). The van der Waals surface area contributed by atoms with Gasteiger partial charge in [-0.15, -0.1) is 11.3 Å². The summed E-state index contributed by atoms with van der Waals surface area (Å²) in [6.45, 7) is 12.4. The molecule has 1 amide bonds. The highest BCUT2D eigenvalue weighted by Gasteiger charge is 2.36. The number of hydrogen-bond donors (Lipinski definition) is 2. The normalized spacial score (nSPS) is 14.3. The van der Waals surface area contributed by atoms with Gasteiger partial charge in [-0.3, -0.25) is 9.59 Å². The zero-order valence-corrected chi connectivity index (χ0v) is 23.6. The maximum atomic E-state index is 13.8. The number of nitrogens with zero attached hydrogens (tertiary/aromatic N) is 1. The first kappa shape index (κ1) is 27.1. The van der Waals surface area contributed by atoms with Crippen molar-refractivity contribution in [2.45, 2.75) is 57.7 Å². The third kappa shape index (κ3) is 5.10. The summed E-state index contributed by atoms with van der Waals surface area (Å²) in [5.74, 6) is -0.660. The van der Waals surface area contributed by atoms with E-state index in [2.05, 4.69) is 22.4 Å². The second-order valence-electron chi connectivity index (χ2n) is 9.30. The molecule has 0 bridgehead atoms. The molecule has 1 aliphatic carbocycles. The Morgan fingerprint density at radius 3 is 2.46 bits per heavy atom. The summed E-state index contributed by atoms with van der Waals surface area (Å²) >= 11 is 7.25. The Morgan fingerprint density at radius 2 is 1.89 bits per heavy atom. The van der Waals surface area contributed by atoms with Gasteiger partial charge in [0, 0.05) is 16.4 Å². The van der Waals surface area contributed by atoms with Crippen LogP contribution in [0.1, 0.15) is 60.1 Å². The molecule has 2 aromatic heterocycles. The number of hydrogen-bond acceptors (Lipinski definition) is 8. The van der Waals surface area contributed by atoms with E-state index in [-0.39, 0.29) is 32.4 Å². The fourth-order valence-electron chi connectivity index (χ4n) is 4.19. The van der Waals surface area contributed by atoms with Crippen LogP contribution in [0.25, 0.3) is 0 Å². The molecule has 1 fully saturated rings. The maximum absolute atomic E-state index is 13.8. The number of Topliss-reactive ketones (excluding diaryl/α,β-unsaturated/α-hetero) is 1. The van der Waals surface area contributed by atoms with E-state index in [1.165, 1.54) is 6.08 Å². The molecular formula is C26H28ClN3O5S2. The van der Waals surface area contributed by atoms with Crippen LogP contribution < -0.4 is 10.6 Å². The summed E-state index contributed by atoms with van der Waals surface area (Å²) < 4.78 is 32.7. The molecule has 4 rings (SSSR count). The molecule has 8 nitrogen and oxygen atoms in total. The van der Waals surface area contributed by atoms with Crippen LogP contribution in [0, 0.1) is 40.5 Å². The molecule has 0 radical (unpaired) electrons. The van der Waals surface area contributed by atoms with Gasteiger partial charge in [-0.05, 0) is 70.2 Å². The van der Waals surface area contributed by atoms with Gasteiger partial charge in [0.05, 0.1) is 10.6 Å². The number of amides is 1. The molecule has 0 spiro atoms. The van der Waals surface area contributed by atoms with Gasteiger partial charge in [0.15, 0.2) is 11.2 Å². The SMILES string of the molecule is C=CC(Nc1onc(C)c1Cl)S(=O)(=O)c1c(C(=O)Nc2cc(C)cc(C)c2C(=O)C2CC2)sc(C)c1C. The monoisotopic (exact) mass is 561 g/mol. The fraction of sp³-hybridized carbons (Fsp3) is 0.346. The summed E-state index contributed by atoms with van der Waals surface area (Å²) in [5, 5.41) is 8.11. The second kappa shape index (κ2) is 10.1. The van der Waals surface area contributed by atoms with Crippen LogP contribution in [0.5, 0.6) is 0 Å². The number of ketones is 1. The summed E-state index contributed by atoms with van der Waals surface area (Å²) in [6.07, 6.45) is 2.86. The van der Waals surface area contributed by atoms with Crippen molar-refractivity contribution in [2.24, 2.45) is 5.92 Å². The first-order valence-electron chi connectivity index (χ1n) is 11.7. The van der Waals surface area contributed by atoms with Crippen molar-refractivity contribution in [3.63, 3.8) is 0 Å². The van der Waals surface area contributed by atoms with Crippen molar-refractivity contribution >= 4 is 56.0 Å². The average molecular weight is 562 g/mol. The molecule has 11 heteroatoms. The van der Waals surface area contributed by atoms with E-state index in [0.29, 0.717) is 27.4 Å². The first-order valence-corrected chi connectivity index (χ1v) is 14.4. The van der Waals surface area contributed by atoms with Crippen LogP contribution in [0.3, 0.4) is 0 Å². The summed E-state index contributed by atoms with van der Waals surface area (Å²) in [5.41, 5.74) is 3.36. The molecule has 37 heavy (non-hydrogen) atoms. The van der Waals surface area contributed by atoms with E-state index in [9.17, 15) is 18.0 Å². The van der Waals surface area contributed by atoms with E-state index in [1.807, 2.05) is 19.9 Å². The molecule has 1 atom stereocenters. The van der Waals surface area contributed by atoms with Crippen LogP contribution >= 0.6 is 22.9 Å². The maximum Gasteiger partial charge on any atom is 0.267 e. The topological polar surface area (TPSA) is 118 Å². The Bertz CT molecular complexity index is 1530. The predicted molar refractivity (Wildman–Crippen MR) is 146 cm³/mol. The molecule has 2 heterocycles. The zero-order chi connectivity index (χ0) is 27.2. The van der Waals surface area contributed by atoms with Gasteiger partial charge < -0.3 is 15.2 Å². The largest absolute Gasteiger partial charge is 0.337 e. The minimum absolute atomic E-state index is 0.00524. The highest BCUT2D eigenvalue weighted by atomic mass is 35.5. The van der Waals surface area contributed by atoms with Gasteiger partial charge >= 0.3 is 0 Å². The quantitative estimate of drug-likeness (QED) is 0.237. The lowest BCUT2D eigenvalue weighted by Gasteiger charge is -2.17.